The molecule has 2 aromatic carbocycles. The molecule has 0 aliphatic carbocycles. The first-order valence-electron chi connectivity index (χ1n) is 6.38. The zero-order valence-electron chi connectivity index (χ0n) is 11.2. The normalized spacial score (nSPS) is 11.2. The Morgan fingerprint density at radius 1 is 1.18 bits per heavy atom. The molecule has 3 rings (SSSR count). The van der Waals surface area contributed by atoms with Crippen molar-refractivity contribution in [1.29, 1.82) is 0 Å². The molecule has 0 atom stereocenters. The third kappa shape index (κ3) is 2.84. The number of rotatable bonds is 3. The van der Waals surface area contributed by atoms with Gasteiger partial charge in [0.2, 0.25) is 4.77 Å². The molecule has 0 bridgehead atoms. The summed E-state index contributed by atoms with van der Waals surface area (Å²) in [6, 6.07) is 13.5. The molecule has 1 heterocycles. The molecule has 22 heavy (non-hydrogen) atoms. The monoisotopic (exact) mass is 332 g/mol. The average molecular weight is 333 g/mol. The van der Waals surface area contributed by atoms with Crippen LogP contribution >= 0.6 is 23.8 Å². The van der Waals surface area contributed by atoms with Crippen molar-refractivity contribution in [3.8, 4) is 11.4 Å². The molecule has 0 saturated heterocycles. The summed E-state index contributed by atoms with van der Waals surface area (Å²) in [7, 11) is 0. The maximum Gasteiger partial charge on any atom is 0.216 e. The summed E-state index contributed by atoms with van der Waals surface area (Å²) in [6.07, 6.45) is 1.39. The van der Waals surface area contributed by atoms with E-state index in [0.29, 0.717) is 26.7 Å². The molecule has 3 aromatic rings. The molecule has 1 aromatic heterocycles. The first kappa shape index (κ1) is 14.6. The van der Waals surface area contributed by atoms with Crippen molar-refractivity contribution < 1.29 is 4.39 Å². The van der Waals surface area contributed by atoms with Crippen LogP contribution in [0.2, 0.25) is 5.02 Å². The summed E-state index contributed by atoms with van der Waals surface area (Å²) in [5.74, 6) is 0.101. The van der Waals surface area contributed by atoms with Gasteiger partial charge in [0, 0.05) is 11.1 Å². The standard InChI is InChI=1S/C15H10ClFN4S/c16-12-7-3-2-6-11(12)14-19-20-15(22)21(14)18-9-10-5-1-4-8-13(10)17/h1-9H,(H,20,22). The smallest absolute Gasteiger partial charge is 0.216 e. The molecule has 0 aliphatic rings. The van der Waals surface area contributed by atoms with Crippen LogP contribution in [0.15, 0.2) is 53.6 Å². The number of H-pyrrole nitrogens is 1. The van der Waals surface area contributed by atoms with E-state index in [4.69, 9.17) is 23.8 Å². The van der Waals surface area contributed by atoms with Crippen molar-refractivity contribution in [3.05, 3.63) is 69.7 Å². The predicted molar refractivity (Wildman–Crippen MR) is 87.2 cm³/mol. The van der Waals surface area contributed by atoms with Gasteiger partial charge in [-0.15, -0.1) is 0 Å². The van der Waals surface area contributed by atoms with E-state index in [-0.39, 0.29) is 5.82 Å². The second-order valence-electron chi connectivity index (χ2n) is 4.41. The van der Waals surface area contributed by atoms with Gasteiger partial charge < -0.3 is 0 Å². The number of benzene rings is 2. The van der Waals surface area contributed by atoms with Gasteiger partial charge in [0.25, 0.3) is 0 Å². The molecule has 0 fully saturated rings. The van der Waals surface area contributed by atoms with Crippen LogP contribution in [0.25, 0.3) is 11.4 Å². The van der Waals surface area contributed by atoms with Crippen LogP contribution in [0.1, 0.15) is 5.56 Å². The van der Waals surface area contributed by atoms with Crippen molar-refractivity contribution in [2.75, 3.05) is 0 Å². The van der Waals surface area contributed by atoms with Crippen molar-refractivity contribution in [3.63, 3.8) is 0 Å². The number of halogens is 2. The van der Waals surface area contributed by atoms with Gasteiger partial charge in [-0.2, -0.15) is 14.9 Å². The van der Waals surface area contributed by atoms with Gasteiger partial charge in [0.05, 0.1) is 11.2 Å². The summed E-state index contributed by atoms with van der Waals surface area (Å²) < 4.78 is 15.3. The highest BCUT2D eigenvalue weighted by molar-refractivity contribution is 7.71. The molecule has 0 amide bonds. The fraction of sp³-hybridized carbons (Fsp3) is 0. The Labute approximate surface area is 135 Å². The van der Waals surface area contributed by atoms with Crippen LogP contribution in [-0.2, 0) is 0 Å². The van der Waals surface area contributed by atoms with Crippen LogP contribution < -0.4 is 0 Å². The molecular formula is C15H10ClFN4S. The third-order valence-corrected chi connectivity index (χ3v) is 3.58. The van der Waals surface area contributed by atoms with Crippen molar-refractivity contribution in [1.82, 2.24) is 14.9 Å². The molecule has 0 radical (unpaired) electrons. The number of hydrogen-bond donors (Lipinski definition) is 1. The van der Waals surface area contributed by atoms with Crippen LogP contribution in [0.5, 0.6) is 0 Å². The highest BCUT2D eigenvalue weighted by Gasteiger charge is 2.11. The van der Waals surface area contributed by atoms with Gasteiger partial charge in [-0.3, -0.25) is 0 Å². The van der Waals surface area contributed by atoms with Gasteiger partial charge in [-0.25, -0.2) is 9.49 Å². The van der Waals surface area contributed by atoms with Crippen LogP contribution in [0, 0.1) is 10.6 Å². The summed E-state index contributed by atoms with van der Waals surface area (Å²) in [5.41, 5.74) is 1.04. The summed E-state index contributed by atoms with van der Waals surface area (Å²) in [6.45, 7) is 0. The lowest BCUT2D eigenvalue weighted by Gasteiger charge is -2.03. The van der Waals surface area contributed by atoms with Crippen molar-refractivity contribution in [2.45, 2.75) is 0 Å². The highest BCUT2D eigenvalue weighted by atomic mass is 35.5. The maximum atomic E-state index is 13.6. The second-order valence-corrected chi connectivity index (χ2v) is 5.20. The topological polar surface area (TPSA) is 46.0 Å². The summed E-state index contributed by atoms with van der Waals surface area (Å²) in [5, 5.41) is 11.5. The minimum Gasteiger partial charge on any atom is -0.250 e. The fourth-order valence-electron chi connectivity index (χ4n) is 1.92. The van der Waals surface area contributed by atoms with Crippen molar-refractivity contribution in [2.24, 2.45) is 5.10 Å². The van der Waals surface area contributed by atoms with Gasteiger partial charge in [-0.05, 0) is 30.4 Å². The van der Waals surface area contributed by atoms with E-state index in [9.17, 15) is 4.39 Å². The van der Waals surface area contributed by atoms with Crippen molar-refractivity contribution >= 4 is 30.0 Å². The highest BCUT2D eigenvalue weighted by Crippen LogP contribution is 2.25. The van der Waals surface area contributed by atoms with Gasteiger partial charge >= 0.3 is 0 Å². The number of nitrogens with zero attached hydrogens (tertiary/aromatic N) is 3. The summed E-state index contributed by atoms with van der Waals surface area (Å²) >= 11 is 11.3. The number of nitrogens with one attached hydrogen (secondary N) is 1. The Morgan fingerprint density at radius 3 is 2.68 bits per heavy atom. The molecule has 1 N–H and O–H groups in total. The minimum absolute atomic E-state index is 0.294. The van der Waals surface area contributed by atoms with Crippen LogP contribution in [-0.4, -0.2) is 21.1 Å². The lowest BCUT2D eigenvalue weighted by molar-refractivity contribution is 0.625. The lowest BCUT2D eigenvalue weighted by atomic mass is 10.2. The second kappa shape index (κ2) is 6.21. The Bertz CT molecular complexity index is 900. The SMILES string of the molecule is Fc1ccccc1C=Nn1c(-c2ccccc2Cl)n[nH]c1=S. The average Bonchev–Trinajstić information content (AvgIpc) is 2.88. The Balaban J connectivity index is 2.06. The predicted octanol–water partition coefficient (Wildman–Crippen LogP) is 4.28. The Hall–Kier alpha value is -2.31. The fourth-order valence-corrected chi connectivity index (χ4v) is 2.31. The first-order valence-corrected chi connectivity index (χ1v) is 7.16. The molecule has 4 nitrogen and oxygen atoms in total. The number of aromatic amines is 1. The molecular weight excluding hydrogens is 323 g/mol. The zero-order chi connectivity index (χ0) is 15.5. The van der Waals surface area contributed by atoms with E-state index in [1.54, 1.807) is 24.3 Å². The lowest BCUT2D eigenvalue weighted by Crippen LogP contribution is -1.96. The van der Waals surface area contributed by atoms with Gasteiger partial charge in [-0.1, -0.05) is 41.9 Å². The first-order chi connectivity index (χ1) is 10.7. The molecule has 0 unspecified atom stereocenters. The quantitative estimate of drug-likeness (QED) is 0.574. The van der Waals surface area contributed by atoms with E-state index in [1.807, 2.05) is 18.2 Å². The number of hydrogen-bond acceptors (Lipinski definition) is 3. The number of aromatic nitrogens is 3. The van der Waals surface area contributed by atoms with Crippen LogP contribution in [0.3, 0.4) is 0 Å². The Morgan fingerprint density at radius 2 is 1.91 bits per heavy atom. The molecule has 0 spiro atoms. The maximum absolute atomic E-state index is 13.6. The molecule has 0 aliphatic heterocycles. The minimum atomic E-state index is -0.361. The van der Waals surface area contributed by atoms with Gasteiger partial charge in [0.15, 0.2) is 5.82 Å². The van der Waals surface area contributed by atoms with E-state index in [1.165, 1.54) is 17.0 Å². The van der Waals surface area contributed by atoms with Gasteiger partial charge in [0.1, 0.15) is 5.82 Å². The molecule has 0 saturated carbocycles. The third-order valence-electron chi connectivity index (χ3n) is 2.98. The van der Waals surface area contributed by atoms with E-state index < -0.39 is 0 Å². The molecule has 110 valence electrons. The Kier molecular flexibility index (Phi) is 4.13. The molecule has 7 heteroatoms. The largest absolute Gasteiger partial charge is 0.250 e. The summed E-state index contributed by atoms with van der Waals surface area (Å²) in [4.78, 5) is 0. The van der Waals surface area contributed by atoms with E-state index in [2.05, 4.69) is 15.3 Å². The van der Waals surface area contributed by atoms with E-state index >= 15 is 0 Å². The van der Waals surface area contributed by atoms with Crippen LogP contribution in [0.4, 0.5) is 4.39 Å². The zero-order valence-corrected chi connectivity index (χ0v) is 12.8. The van der Waals surface area contributed by atoms with E-state index in [0.717, 1.165) is 0 Å².